The van der Waals surface area contributed by atoms with Gasteiger partial charge in [-0.1, -0.05) is 0 Å². The van der Waals surface area contributed by atoms with Crippen molar-refractivity contribution in [3.8, 4) is 11.3 Å². The molecule has 0 radical (unpaired) electrons. The van der Waals surface area contributed by atoms with Gasteiger partial charge in [-0.15, -0.1) is 0 Å². The lowest BCUT2D eigenvalue weighted by Crippen LogP contribution is -2.37. The standard InChI is InChI=1S/C19H21F3N6O/c20-19(21,22)14-7-12(9-24-17(14)23)15-8-16(27-1-3-29-4-2-27)26-18(25-15)28-10-11-5-13(28)6-11/h7-9,11,13H,1-6,10H2,(H2,23,24). The summed E-state index contributed by atoms with van der Waals surface area (Å²) in [4.78, 5) is 17.4. The Hall–Kier alpha value is -2.62. The van der Waals surface area contributed by atoms with Crippen molar-refractivity contribution >= 4 is 17.6 Å². The predicted molar refractivity (Wildman–Crippen MR) is 102 cm³/mol. The van der Waals surface area contributed by atoms with E-state index in [9.17, 15) is 13.2 Å². The number of pyridine rings is 1. The predicted octanol–water partition coefficient (Wildman–Crippen LogP) is 2.57. The Kier molecular flexibility index (Phi) is 4.27. The molecule has 2 aromatic heterocycles. The smallest absolute Gasteiger partial charge is 0.383 e. The van der Waals surface area contributed by atoms with Gasteiger partial charge in [-0.25, -0.2) is 9.97 Å². The van der Waals surface area contributed by atoms with E-state index in [1.165, 1.54) is 6.20 Å². The fourth-order valence-corrected chi connectivity index (χ4v) is 4.27. The summed E-state index contributed by atoms with van der Waals surface area (Å²) in [5.74, 6) is 1.39. The maximum Gasteiger partial charge on any atom is 0.419 e. The lowest BCUT2D eigenvalue weighted by Gasteiger charge is -2.30. The van der Waals surface area contributed by atoms with Gasteiger partial charge in [0.2, 0.25) is 5.95 Å². The van der Waals surface area contributed by atoms with E-state index in [-0.39, 0.29) is 5.56 Å². The number of morpholine rings is 1. The van der Waals surface area contributed by atoms with Crippen LogP contribution >= 0.6 is 0 Å². The van der Waals surface area contributed by atoms with Crippen molar-refractivity contribution in [1.29, 1.82) is 0 Å². The first-order valence-corrected chi connectivity index (χ1v) is 9.70. The minimum atomic E-state index is -4.58. The lowest BCUT2D eigenvalue weighted by molar-refractivity contribution is -0.137. The van der Waals surface area contributed by atoms with E-state index in [2.05, 4.69) is 19.8 Å². The van der Waals surface area contributed by atoms with E-state index < -0.39 is 17.6 Å². The highest BCUT2D eigenvalue weighted by atomic mass is 19.4. The Morgan fingerprint density at radius 2 is 1.86 bits per heavy atom. The first kappa shape index (κ1) is 18.4. The van der Waals surface area contributed by atoms with E-state index in [1.54, 1.807) is 6.07 Å². The van der Waals surface area contributed by atoms with Gasteiger partial charge < -0.3 is 20.3 Å². The molecule has 10 heteroatoms. The molecule has 4 aliphatic rings. The van der Waals surface area contributed by atoms with Crippen LogP contribution in [0.1, 0.15) is 18.4 Å². The number of hydrogen-bond donors (Lipinski definition) is 1. The summed E-state index contributed by atoms with van der Waals surface area (Å²) >= 11 is 0. The van der Waals surface area contributed by atoms with Gasteiger partial charge in [-0.3, -0.25) is 0 Å². The van der Waals surface area contributed by atoms with Crippen molar-refractivity contribution in [2.45, 2.75) is 25.1 Å². The van der Waals surface area contributed by atoms with E-state index >= 15 is 0 Å². The van der Waals surface area contributed by atoms with Crippen LogP contribution in [-0.4, -0.2) is 53.8 Å². The molecule has 154 valence electrons. The molecule has 2 aromatic rings. The Bertz CT molecular complexity index is 925. The highest BCUT2D eigenvalue weighted by Crippen LogP contribution is 2.43. The average molecular weight is 406 g/mol. The van der Waals surface area contributed by atoms with Crippen molar-refractivity contribution in [2.75, 3.05) is 48.4 Å². The van der Waals surface area contributed by atoms with Crippen LogP contribution in [0, 0.1) is 5.92 Å². The molecule has 1 saturated carbocycles. The number of nitrogen functional groups attached to an aromatic ring is 1. The number of aromatic nitrogens is 3. The van der Waals surface area contributed by atoms with E-state index in [0.717, 1.165) is 25.5 Å². The molecule has 6 rings (SSSR count). The van der Waals surface area contributed by atoms with Crippen molar-refractivity contribution in [2.24, 2.45) is 5.92 Å². The van der Waals surface area contributed by atoms with Crippen LogP contribution in [0.25, 0.3) is 11.3 Å². The zero-order valence-electron chi connectivity index (χ0n) is 15.7. The van der Waals surface area contributed by atoms with Gasteiger partial charge in [0.05, 0.1) is 24.5 Å². The van der Waals surface area contributed by atoms with Crippen LogP contribution < -0.4 is 15.5 Å². The van der Waals surface area contributed by atoms with E-state index in [4.69, 9.17) is 15.5 Å². The fourth-order valence-electron chi connectivity index (χ4n) is 4.27. The number of anilines is 3. The summed E-state index contributed by atoms with van der Waals surface area (Å²) in [5.41, 5.74) is 5.20. The van der Waals surface area contributed by atoms with Gasteiger partial charge >= 0.3 is 6.18 Å². The highest BCUT2D eigenvalue weighted by molar-refractivity contribution is 5.67. The summed E-state index contributed by atoms with van der Waals surface area (Å²) in [5, 5.41) is 0. The number of rotatable bonds is 3. The number of fused-ring (bicyclic) bond motifs is 1. The quantitative estimate of drug-likeness (QED) is 0.839. The third-order valence-corrected chi connectivity index (χ3v) is 5.92. The number of nitrogens with zero attached hydrogens (tertiary/aromatic N) is 5. The summed E-state index contributed by atoms with van der Waals surface area (Å²) < 4.78 is 45.4. The molecule has 0 amide bonds. The average Bonchev–Trinajstić information content (AvgIpc) is 3.29. The Morgan fingerprint density at radius 3 is 2.52 bits per heavy atom. The molecule has 4 fully saturated rings. The van der Waals surface area contributed by atoms with Crippen molar-refractivity contribution in [3.63, 3.8) is 0 Å². The molecule has 0 aromatic carbocycles. The molecule has 3 saturated heterocycles. The topological polar surface area (TPSA) is 80.4 Å². The van der Waals surface area contributed by atoms with Gasteiger partial charge in [-0.2, -0.15) is 18.2 Å². The van der Waals surface area contributed by atoms with Crippen LogP contribution in [-0.2, 0) is 10.9 Å². The Balaban J connectivity index is 1.58. The highest BCUT2D eigenvalue weighted by Gasteiger charge is 2.44. The second-order valence-corrected chi connectivity index (χ2v) is 7.81. The molecule has 2 N–H and O–H groups in total. The maximum absolute atomic E-state index is 13.3. The third kappa shape index (κ3) is 3.35. The number of hydrogen-bond acceptors (Lipinski definition) is 7. The molecule has 7 nitrogen and oxygen atoms in total. The van der Waals surface area contributed by atoms with Crippen LogP contribution in [0.4, 0.5) is 30.8 Å². The molecule has 3 aliphatic heterocycles. The molecule has 2 bridgehead atoms. The zero-order chi connectivity index (χ0) is 20.2. The third-order valence-electron chi connectivity index (χ3n) is 5.92. The van der Waals surface area contributed by atoms with Crippen molar-refractivity contribution in [1.82, 2.24) is 15.0 Å². The monoisotopic (exact) mass is 406 g/mol. The number of alkyl halides is 3. The van der Waals surface area contributed by atoms with E-state index in [1.807, 2.05) is 0 Å². The fraction of sp³-hybridized carbons (Fsp3) is 0.526. The van der Waals surface area contributed by atoms with Crippen LogP contribution in [0.3, 0.4) is 0 Å². The second-order valence-electron chi connectivity index (χ2n) is 7.81. The summed E-state index contributed by atoms with van der Waals surface area (Å²) in [6.45, 7) is 3.42. The summed E-state index contributed by atoms with van der Waals surface area (Å²) in [6.07, 6.45) is -0.986. The molecule has 0 unspecified atom stereocenters. The summed E-state index contributed by atoms with van der Waals surface area (Å²) in [6, 6.07) is 3.16. The first-order valence-electron chi connectivity index (χ1n) is 9.70. The molecular formula is C19H21F3N6O. The van der Waals surface area contributed by atoms with Crippen LogP contribution in [0.2, 0.25) is 0 Å². The van der Waals surface area contributed by atoms with Gasteiger partial charge in [0.1, 0.15) is 11.6 Å². The minimum Gasteiger partial charge on any atom is -0.383 e. The second kappa shape index (κ2) is 6.72. The molecule has 0 spiro atoms. The number of halogens is 3. The van der Waals surface area contributed by atoms with Crippen molar-refractivity contribution in [3.05, 3.63) is 23.9 Å². The number of ether oxygens (including phenoxy) is 1. The van der Waals surface area contributed by atoms with Gasteiger partial charge in [-0.05, 0) is 24.8 Å². The summed E-state index contributed by atoms with van der Waals surface area (Å²) in [7, 11) is 0. The minimum absolute atomic E-state index is 0.274. The van der Waals surface area contributed by atoms with Crippen molar-refractivity contribution < 1.29 is 17.9 Å². The van der Waals surface area contributed by atoms with Crippen LogP contribution in [0.15, 0.2) is 18.3 Å². The maximum atomic E-state index is 13.3. The SMILES string of the molecule is Nc1ncc(-c2cc(N3CCOCC3)nc(N3CC4CC3C4)n2)cc1C(F)(F)F. The molecule has 1 aliphatic carbocycles. The lowest BCUT2D eigenvalue weighted by atomic mass is 9.86. The van der Waals surface area contributed by atoms with Gasteiger partial charge in [0, 0.05) is 43.5 Å². The van der Waals surface area contributed by atoms with Gasteiger partial charge in [0.25, 0.3) is 0 Å². The number of nitrogens with two attached hydrogens (primary N) is 1. The van der Waals surface area contributed by atoms with Gasteiger partial charge in [0.15, 0.2) is 0 Å². The Morgan fingerprint density at radius 1 is 1.10 bits per heavy atom. The zero-order valence-corrected chi connectivity index (χ0v) is 15.7. The van der Waals surface area contributed by atoms with E-state index in [0.29, 0.717) is 55.7 Å². The van der Waals surface area contributed by atoms with Crippen LogP contribution in [0.5, 0.6) is 0 Å². The Labute approximate surface area is 165 Å². The molecule has 5 heterocycles. The normalized spacial score (nSPS) is 24.0. The molecule has 0 atom stereocenters. The first-order chi connectivity index (χ1) is 13.9. The largest absolute Gasteiger partial charge is 0.419 e. The molecular weight excluding hydrogens is 385 g/mol. The molecule has 29 heavy (non-hydrogen) atoms.